The Morgan fingerprint density at radius 1 is 1.05 bits per heavy atom. The monoisotopic (exact) mass is 257 g/mol. The molecule has 1 saturated carbocycles. The molecule has 2 nitrogen and oxygen atoms in total. The summed E-state index contributed by atoms with van der Waals surface area (Å²) in [6.45, 7) is 4.44. The van der Waals surface area contributed by atoms with E-state index in [4.69, 9.17) is 9.72 Å². The largest absolute Gasteiger partial charge is 0.360 e. The molecule has 1 fully saturated rings. The van der Waals surface area contributed by atoms with Gasteiger partial charge in [-0.25, -0.2) is 0 Å². The van der Waals surface area contributed by atoms with E-state index < -0.39 is 0 Å². The lowest BCUT2D eigenvalue weighted by atomic mass is 9.80. The Bertz CT molecular complexity index is 526. The lowest BCUT2D eigenvalue weighted by Gasteiger charge is -2.30. The summed E-state index contributed by atoms with van der Waals surface area (Å²) < 4.78 is 6.59. The highest BCUT2D eigenvalue weighted by molar-refractivity contribution is 5.48. The summed E-state index contributed by atoms with van der Waals surface area (Å²) in [5.74, 6) is 0. The molecule has 1 spiro atoms. The van der Waals surface area contributed by atoms with Gasteiger partial charge in [-0.3, -0.25) is 4.98 Å². The number of aryl methyl sites for hydroxylation is 1. The number of rotatable bonds is 0. The Kier molecular flexibility index (Phi) is 2.39. The fraction of sp³-hybridized carbons (Fsp3) is 0.706. The van der Waals surface area contributed by atoms with Crippen LogP contribution < -0.4 is 0 Å². The Balaban J connectivity index is 1.97. The van der Waals surface area contributed by atoms with Crippen LogP contribution in [-0.4, -0.2) is 4.98 Å². The molecule has 102 valence electrons. The molecule has 2 aliphatic carbocycles. The van der Waals surface area contributed by atoms with Crippen LogP contribution in [0, 0.1) is 0 Å². The second-order valence-corrected chi connectivity index (χ2v) is 6.99. The van der Waals surface area contributed by atoms with Crippen molar-refractivity contribution in [3.05, 3.63) is 28.6 Å². The van der Waals surface area contributed by atoms with E-state index in [1.807, 2.05) is 0 Å². The van der Waals surface area contributed by atoms with Gasteiger partial charge in [0.25, 0.3) is 0 Å². The summed E-state index contributed by atoms with van der Waals surface area (Å²) in [5.41, 5.74) is 5.71. The standard InChI is InChI=1S/C17H23NO/c1-16(2)13-11-18-14-8-4-3-7-12(14)15(13)17(19-16)9-5-6-10-17/h11H,3-10H2,1-2H3. The maximum Gasteiger partial charge on any atom is 0.0950 e. The molecule has 0 bridgehead atoms. The van der Waals surface area contributed by atoms with Crippen molar-refractivity contribution in [2.75, 3.05) is 0 Å². The van der Waals surface area contributed by atoms with Crippen molar-refractivity contribution in [2.45, 2.75) is 76.4 Å². The minimum Gasteiger partial charge on any atom is -0.360 e. The van der Waals surface area contributed by atoms with Crippen molar-refractivity contribution in [3.8, 4) is 0 Å². The third kappa shape index (κ3) is 1.56. The normalized spacial score (nSPS) is 26.4. The Hall–Kier alpha value is -0.890. The average molecular weight is 257 g/mol. The lowest BCUT2D eigenvalue weighted by Crippen LogP contribution is -2.27. The van der Waals surface area contributed by atoms with E-state index in [9.17, 15) is 0 Å². The first kappa shape index (κ1) is 11.9. The van der Waals surface area contributed by atoms with Gasteiger partial charge in [0.2, 0.25) is 0 Å². The topological polar surface area (TPSA) is 22.1 Å². The maximum absolute atomic E-state index is 6.59. The molecule has 0 unspecified atom stereocenters. The van der Waals surface area contributed by atoms with Crippen molar-refractivity contribution < 1.29 is 4.74 Å². The first-order valence-electron chi connectivity index (χ1n) is 7.84. The van der Waals surface area contributed by atoms with Gasteiger partial charge in [0.1, 0.15) is 0 Å². The van der Waals surface area contributed by atoms with E-state index in [0.717, 1.165) is 0 Å². The van der Waals surface area contributed by atoms with Gasteiger partial charge in [0.05, 0.1) is 11.2 Å². The summed E-state index contributed by atoms with van der Waals surface area (Å²) in [7, 11) is 0. The highest BCUT2D eigenvalue weighted by Crippen LogP contribution is 2.56. The van der Waals surface area contributed by atoms with E-state index in [0.29, 0.717) is 0 Å². The van der Waals surface area contributed by atoms with Crippen LogP contribution in [0.3, 0.4) is 0 Å². The van der Waals surface area contributed by atoms with E-state index in [-0.39, 0.29) is 11.2 Å². The highest BCUT2D eigenvalue weighted by Gasteiger charge is 2.52. The molecular formula is C17H23NO. The summed E-state index contributed by atoms with van der Waals surface area (Å²) in [4.78, 5) is 4.76. The molecular weight excluding hydrogens is 234 g/mol. The average Bonchev–Trinajstić information content (AvgIpc) is 2.94. The predicted molar refractivity (Wildman–Crippen MR) is 75.1 cm³/mol. The van der Waals surface area contributed by atoms with Crippen LogP contribution in [0.1, 0.15) is 74.8 Å². The van der Waals surface area contributed by atoms with Crippen molar-refractivity contribution in [2.24, 2.45) is 0 Å². The summed E-state index contributed by atoms with van der Waals surface area (Å²) in [5, 5.41) is 0. The zero-order valence-electron chi connectivity index (χ0n) is 12.1. The van der Waals surface area contributed by atoms with Crippen molar-refractivity contribution in [1.29, 1.82) is 0 Å². The van der Waals surface area contributed by atoms with Crippen LogP contribution in [0.4, 0.5) is 0 Å². The first-order valence-corrected chi connectivity index (χ1v) is 7.84. The fourth-order valence-electron chi connectivity index (χ4n) is 4.54. The number of aromatic nitrogens is 1. The van der Waals surface area contributed by atoms with E-state index in [2.05, 4.69) is 20.0 Å². The lowest BCUT2D eigenvalue weighted by molar-refractivity contribution is -0.122. The SMILES string of the molecule is CC1(C)OC2(CCCC2)c2c1cnc1c2CCCC1. The number of hydrogen-bond acceptors (Lipinski definition) is 2. The number of ether oxygens (including phenoxy) is 1. The highest BCUT2D eigenvalue weighted by atomic mass is 16.5. The Morgan fingerprint density at radius 2 is 1.79 bits per heavy atom. The first-order chi connectivity index (χ1) is 9.12. The zero-order chi connectivity index (χ0) is 13.1. The molecule has 1 aromatic rings. The zero-order valence-corrected chi connectivity index (χ0v) is 12.1. The summed E-state index contributed by atoms with van der Waals surface area (Å²) in [6.07, 6.45) is 12.2. The minimum atomic E-state index is -0.154. The molecule has 0 atom stereocenters. The molecule has 2 heterocycles. The molecule has 19 heavy (non-hydrogen) atoms. The minimum absolute atomic E-state index is 0.0309. The molecule has 2 heteroatoms. The van der Waals surface area contributed by atoms with Crippen molar-refractivity contribution in [1.82, 2.24) is 4.98 Å². The summed E-state index contributed by atoms with van der Waals surface area (Å²) in [6, 6.07) is 0. The number of nitrogens with zero attached hydrogens (tertiary/aromatic N) is 1. The third-order valence-electron chi connectivity index (χ3n) is 5.33. The van der Waals surface area contributed by atoms with Gasteiger partial charge in [-0.1, -0.05) is 12.8 Å². The van der Waals surface area contributed by atoms with Crippen molar-refractivity contribution in [3.63, 3.8) is 0 Å². The molecule has 1 aliphatic heterocycles. The van der Waals surface area contributed by atoms with Gasteiger partial charge in [0, 0.05) is 17.5 Å². The van der Waals surface area contributed by atoms with Crippen LogP contribution in [-0.2, 0) is 28.8 Å². The van der Waals surface area contributed by atoms with Crippen molar-refractivity contribution >= 4 is 0 Å². The Morgan fingerprint density at radius 3 is 2.58 bits per heavy atom. The fourth-order valence-corrected chi connectivity index (χ4v) is 4.54. The number of fused-ring (bicyclic) bond motifs is 4. The molecule has 0 aromatic carbocycles. The van der Waals surface area contributed by atoms with Crippen LogP contribution in [0.2, 0.25) is 0 Å². The van der Waals surface area contributed by atoms with Crippen LogP contribution in [0.25, 0.3) is 0 Å². The van der Waals surface area contributed by atoms with Gasteiger partial charge in [-0.2, -0.15) is 0 Å². The molecule has 3 aliphatic rings. The molecule has 0 radical (unpaired) electrons. The van der Waals surface area contributed by atoms with Crippen LogP contribution in [0.15, 0.2) is 6.20 Å². The van der Waals surface area contributed by atoms with Crippen LogP contribution >= 0.6 is 0 Å². The predicted octanol–water partition coefficient (Wildman–Crippen LogP) is 4.00. The van der Waals surface area contributed by atoms with E-state index in [1.165, 1.54) is 62.6 Å². The molecule has 4 rings (SSSR count). The van der Waals surface area contributed by atoms with Gasteiger partial charge < -0.3 is 4.74 Å². The molecule has 0 N–H and O–H groups in total. The third-order valence-corrected chi connectivity index (χ3v) is 5.33. The number of hydrogen-bond donors (Lipinski definition) is 0. The van der Waals surface area contributed by atoms with E-state index >= 15 is 0 Å². The second-order valence-electron chi connectivity index (χ2n) is 6.99. The Labute approximate surface area is 115 Å². The smallest absolute Gasteiger partial charge is 0.0950 e. The van der Waals surface area contributed by atoms with Gasteiger partial charge in [-0.05, 0) is 63.5 Å². The maximum atomic E-state index is 6.59. The number of pyridine rings is 1. The van der Waals surface area contributed by atoms with Crippen LogP contribution in [0.5, 0.6) is 0 Å². The van der Waals surface area contributed by atoms with Gasteiger partial charge in [0.15, 0.2) is 0 Å². The molecule has 0 amide bonds. The quantitative estimate of drug-likeness (QED) is 0.701. The summed E-state index contributed by atoms with van der Waals surface area (Å²) >= 11 is 0. The second kappa shape index (κ2) is 3.82. The van der Waals surface area contributed by atoms with Gasteiger partial charge >= 0.3 is 0 Å². The molecule has 1 aromatic heterocycles. The molecule has 0 saturated heterocycles. The van der Waals surface area contributed by atoms with Gasteiger partial charge in [-0.15, -0.1) is 0 Å². The van der Waals surface area contributed by atoms with E-state index in [1.54, 1.807) is 11.1 Å².